The molecule has 3 saturated carbocycles. The lowest BCUT2D eigenvalue weighted by Gasteiger charge is -2.60. The third-order valence-electron chi connectivity index (χ3n) is 9.59. The molecule has 0 aromatic heterocycles. The van der Waals surface area contributed by atoms with Crippen LogP contribution in [0.4, 0.5) is 4.79 Å². The molecule has 6 atom stereocenters. The second-order valence-electron chi connectivity index (χ2n) is 11.9. The Kier molecular flexibility index (Phi) is 8.61. The molecule has 36 heavy (non-hydrogen) atoms. The summed E-state index contributed by atoms with van der Waals surface area (Å²) in [5.74, 6) is -0.248. The molecule has 1 aromatic carbocycles. The molecule has 3 aliphatic rings. The van der Waals surface area contributed by atoms with Crippen LogP contribution in [0.3, 0.4) is 0 Å². The fourth-order valence-electron chi connectivity index (χ4n) is 7.43. The summed E-state index contributed by atoms with van der Waals surface area (Å²) in [5, 5.41) is 27.7. The standard InChI is InChI=1S/C29H44N2O5/c1-28-16-15-25(36-27(35)31-21-11-7-4-8-12-21)29(2,19-32)24(28)14-13-23(33)22(28)17-26(34)30-18-20-9-5-3-6-10-20/h3,5-6,9-10,21-25,32-33H,4,7-8,11-19H2,1-2H3,(H,30,34)(H,31,35)/t22-,23-,24-,25-,28+,29+/m1/s1. The normalized spacial score (nSPS) is 34.9. The molecular weight excluding hydrogens is 456 g/mol. The van der Waals surface area contributed by atoms with Gasteiger partial charge < -0.3 is 25.6 Å². The molecule has 0 radical (unpaired) electrons. The Morgan fingerprint density at radius 3 is 2.44 bits per heavy atom. The Bertz CT molecular complexity index is 889. The van der Waals surface area contributed by atoms with Gasteiger partial charge in [-0.2, -0.15) is 0 Å². The van der Waals surface area contributed by atoms with Gasteiger partial charge in [0.05, 0.1) is 12.7 Å². The predicted molar refractivity (Wildman–Crippen MR) is 138 cm³/mol. The first-order valence-corrected chi connectivity index (χ1v) is 13.8. The molecule has 3 fully saturated rings. The molecule has 200 valence electrons. The van der Waals surface area contributed by atoms with E-state index in [2.05, 4.69) is 17.6 Å². The first-order valence-electron chi connectivity index (χ1n) is 13.8. The second kappa shape index (κ2) is 11.5. The van der Waals surface area contributed by atoms with Crippen LogP contribution in [-0.4, -0.2) is 47.1 Å². The van der Waals surface area contributed by atoms with E-state index in [0.29, 0.717) is 19.4 Å². The Hall–Kier alpha value is -2.12. The Balaban J connectivity index is 1.42. The molecule has 7 nitrogen and oxygen atoms in total. The van der Waals surface area contributed by atoms with Crippen molar-refractivity contribution in [2.45, 2.75) is 103 Å². The molecule has 2 amide bonds. The van der Waals surface area contributed by atoms with Crippen LogP contribution in [-0.2, 0) is 16.1 Å². The number of amides is 2. The van der Waals surface area contributed by atoms with Crippen molar-refractivity contribution in [2.24, 2.45) is 22.7 Å². The molecule has 1 aromatic rings. The fraction of sp³-hybridized carbons (Fsp3) is 0.724. The minimum absolute atomic E-state index is 0.0338. The zero-order chi connectivity index (χ0) is 25.8. The molecule has 3 aliphatic carbocycles. The van der Waals surface area contributed by atoms with Crippen LogP contribution in [0, 0.1) is 22.7 Å². The number of hydrogen-bond acceptors (Lipinski definition) is 5. The summed E-state index contributed by atoms with van der Waals surface area (Å²) in [4.78, 5) is 25.7. The van der Waals surface area contributed by atoms with E-state index in [1.165, 1.54) is 6.42 Å². The topological polar surface area (TPSA) is 108 Å². The maximum atomic E-state index is 12.9. The van der Waals surface area contributed by atoms with Gasteiger partial charge in [-0.3, -0.25) is 4.79 Å². The van der Waals surface area contributed by atoms with Crippen LogP contribution in [0.5, 0.6) is 0 Å². The second-order valence-corrected chi connectivity index (χ2v) is 11.9. The lowest BCUT2D eigenvalue weighted by Crippen LogP contribution is -2.61. The zero-order valence-electron chi connectivity index (χ0n) is 21.9. The summed E-state index contributed by atoms with van der Waals surface area (Å²) in [5.41, 5.74) is 0.0746. The Labute approximate surface area is 215 Å². The molecule has 0 bridgehead atoms. The van der Waals surface area contributed by atoms with Gasteiger partial charge in [-0.25, -0.2) is 4.79 Å². The number of ether oxygens (including phenoxy) is 1. The number of aliphatic hydroxyl groups excluding tert-OH is 2. The summed E-state index contributed by atoms with van der Waals surface area (Å²) in [6.45, 7) is 4.53. The van der Waals surface area contributed by atoms with Gasteiger partial charge in [0.2, 0.25) is 5.91 Å². The van der Waals surface area contributed by atoms with Gasteiger partial charge in [0.15, 0.2) is 0 Å². The van der Waals surface area contributed by atoms with E-state index in [1.807, 2.05) is 37.3 Å². The molecule has 4 rings (SSSR count). The summed E-state index contributed by atoms with van der Waals surface area (Å²) < 4.78 is 5.97. The van der Waals surface area contributed by atoms with E-state index in [0.717, 1.165) is 44.1 Å². The number of rotatable bonds is 7. The highest BCUT2D eigenvalue weighted by Gasteiger charge is 2.60. The van der Waals surface area contributed by atoms with Crippen LogP contribution >= 0.6 is 0 Å². The predicted octanol–water partition coefficient (Wildman–Crippen LogP) is 4.31. The van der Waals surface area contributed by atoms with Crippen molar-refractivity contribution in [3.63, 3.8) is 0 Å². The first kappa shape index (κ1) is 26.9. The summed E-state index contributed by atoms with van der Waals surface area (Å²) in [6, 6.07) is 9.97. The monoisotopic (exact) mass is 500 g/mol. The number of benzene rings is 1. The minimum atomic E-state index is -0.629. The van der Waals surface area contributed by atoms with Gasteiger partial charge in [-0.05, 0) is 61.3 Å². The molecule has 0 unspecified atom stereocenters. The lowest BCUT2D eigenvalue weighted by atomic mass is 9.46. The average molecular weight is 501 g/mol. The van der Waals surface area contributed by atoms with Crippen LogP contribution in [0.1, 0.15) is 83.6 Å². The van der Waals surface area contributed by atoms with Crippen molar-refractivity contribution in [3.05, 3.63) is 35.9 Å². The quantitative estimate of drug-likeness (QED) is 0.446. The minimum Gasteiger partial charge on any atom is -0.446 e. The SMILES string of the molecule is C[C@]1(CO)[C@@H]2CC[C@@H](O)[C@@H](CC(=O)NCc3ccccc3)[C@]2(C)CC[C@H]1OC(=O)NC1CCCCC1. The average Bonchev–Trinajstić information content (AvgIpc) is 2.88. The van der Waals surface area contributed by atoms with Crippen LogP contribution in [0.15, 0.2) is 30.3 Å². The Morgan fingerprint density at radius 2 is 1.75 bits per heavy atom. The zero-order valence-corrected chi connectivity index (χ0v) is 21.9. The highest BCUT2D eigenvalue weighted by Crippen LogP contribution is 2.61. The number of carbonyl (C=O) groups excluding carboxylic acids is 2. The van der Waals surface area contributed by atoms with Gasteiger partial charge in [-0.15, -0.1) is 0 Å². The third-order valence-corrected chi connectivity index (χ3v) is 9.59. The fourth-order valence-corrected chi connectivity index (χ4v) is 7.43. The van der Waals surface area contributed by atoms with Crippen molar-refractivity contribution in [2.75, 3.05) is 6.61 Å². The number of hydrogen-bond donors (Lipinski definition) is 4. The molecule has 0 spiro atoms. The van der Waals surface area contributed by atoms with E-state index in [1.54, 1.807) is 0 Å². The smallest absolute Gasteiger partial charge is 0.407 e. The van der Waals surface area contributed by atoms with E-state index >= 15 is 0 Å². The van der Waals surface area contributed by atoms with Crippen molar-refractivity contribution in [1.82, 2.24) is 10.6 Å². The van der Waals surface area contributed by atoms with E-state index in [4.69, 9.17) is 4.74 Å². The van der Waals surface area contributed by atoms with Gasteiger partial charge in [0.1, 0.15) is 6.10 Å². The lowest BCUT2D eigenvalue weighted by molar-refractivity contribution is -0.186. The molecule has 4 N–H and O–H groups in total. The van der Waals surface area contributed by atoms with Gasteiger partial charge in [-0.1, -0.05) is 63.4 Å². The third kappa shape index (κ3) is 5.72. The number of carbonyl (C=O) groups is 2. The van der Waals surface area contributed by atoms with E-state index in [-0.39, 0.29) is 48.3 Å². The number of fused-ring (bicyclic) bond motifs is 1. The van der Waals surface area contributed by atoms with Crippen molar-refractivity contribution in [1.29, 1.82) is 0 Å². The van der Waals surface area contributed by atoms with Crippen LogP contribution in [0.25, 0.3) is 0 Å². The van der Waals surface area contributed by atoms with Gasteiger partial charge in [0, 0.05) is 24.4 Å². The highest BCUT2D eigenvalue weighted by atomic mass is 16.6. The molecule has 0 heterocycles. The summed E-state index contributed by atoms with van der Waals surface area (Å²) in [7, 11) is 0. The van der Waals surface area contributed by atoms with E-state index < -0.39 is 17.6 Å². The van der Waals surface area contributed by atoms with Crippen LogP contribution < -0.4 is 10.6 Å². The number of aliphatic hydroxyl groups is 2. The van der Waals surface area contributed by atoms with Gasteiger partial charge in [0.25, 0.3) is 0 Å². The van der Waals surface area contributed by atoms with Crippen LogP contribution in [0.2, 0.25) is 0 Å². The maximum Gasteiger partial charge on any atom is 0.407 e. The van der Waals surface area contributed by atoms with Gasteiger partial charge >= 0.3 is 6.09 Å². The first-order chi connectivity index (χ1) is 17.3. The van der Waals surface area contributed by atoms with E-state index in [9.17, 15) is 19.8 Å². The maximum absolute atomic E-state index is 12.9. The van der Waals surface area contributed by atoms with Crippen molar-refractivity contribution in [3.8, 4) is 0 Å². The molecular formula is C29H44N2O5. The number of nitrogens with one attached hydrogen (secondary N) is 2. The Morgan fingerprint density at radius 1 is 1.03 bits per heavy atom. The summed E-state index contributed by atoms with van der Waals surface area (Å²) >= 11 is 0. The molecule has 0 saturated heterocycles. The number of alkyl carbamates (subject to hydrolysis) is 1. The molecule has 7 heteroatoms. The van der Waals surface area contributed by atoms with Crippen molar-refractivity contribution < 1.29 is 24.5 Å². The van der Waals surface area contributed by atoms with Crippen molar-refractivity contribution >= 4 is 12.0 Å². The largest absolute Gasteiger partial charge is 0.446 e. The molecule has 0 aliphatic heterocycles. The highest BCUT2D eigenvalue weighted by molar-refractivity contribution is 5.76. The summed E-state index contributed by atoms with van der Waals surface area (Å²) in [6.07, 6.45) is 7.02.